The summed E-state index contributed by atoms with van der Waals surface area (Å²) in [5.74, 6) is 0.786. The molecule has 4 heterocycles. The quantitative estimate of drug-likeness (QED) is 0.655. The first-order chi connectivity index (χ1) is 14.0. The molecule has 0 spiro atoms. The zero-order chi connectivity index (χ0) is 20.4. The standard InChI is InChI=1S/C20H31N7OS/c1-15-17(16(2)27-19(21-15)22-20(23-27)29-3)14-18(28)26-12-10-25(11-13-26)9-8-24-6-4-5-7-24/h4-14H2,1-3H3. The molecule has 2 aliphatic heterocycles. The number of nitrogens with zero attached hydrogens (tertiary/aromatic N) is 7. The second kappa shape index (κ2) is 8.97. The maximum atomic E-state index is 13.0. The van der Waals surface area contributed by atoms with Crippen molar-refractivity contribution < 1.29 is 4.79 Å². The molecule has 2 saturated heterocycles. The van der Waals surface area contributed by atoms with Crippen LogP contribution in [0.1, 0.15) is 29.8 Å². The minimum atomic E-state index is 0.182. The van der Waals surface area contributed by atoms with Crippen molar-refractivity contribution in [2.45, 2.75) is 38.3 Å². The highest BCUT2D eigenvalue weighted by molar-refractivity contribution is 7.98. The predicted molar refractivity (Wildman–Crippen MR) is 114 cm³/mol. The van der Waals surface area contributed by atoms with E-state index in [1.54, 1.807) is 4.52 Å². The summed E-state index contributed by atoms with van der Waals surface area (Å²) in [6.07, 6.45) is 5.01. The smallest absolute Gasteiger partial charge is 0.253 e. The lowest BCUT2D eigenvalue weighted by molar-refractivity contribution is -0.132. The third-order valence-corrected chi connectivity index (χ3v) is 6.73. The summed E-state index contributed by atoms with van der Waals surface area (Å²) in [5, 5.41) is 5.19. The molecule has 0 saturated carbocycles. The summed E-state index contributed by atoms with van der Waals surface area (Å²) < 4.78 is 1.76. The van der Waals surface area contributed by atoms with Crippen molar-refractivity contribution in [2.24, 2.45) is 0 Å². The first kappa shape index (κ1) is 20.6. The molecule has 2 aliphatic rings. The van der Waals surface area contributed by atoms with Gasteiger partial charge >= 0.3 is 0 Å². The number of likely N-dealkylation sites (tertiary alicyclic amines) is 1. The second-order valence-electron chi connectivity index (χ2n) is 8.02. The van der Waals surface area contributed by atoms with E-state index in [1.807, 2.05) is 25.0 Å². The number of amides is 1. The van der Waals surface area contributed by atoms with Gasteiger partial charge in [-0.25, -0.2) is 9.50 Å². The normalized spacial score (nSPS) is 18.8. The Bertz CT molecular complexity index is 869. The average Bonchev–Trinajstić information content (AvgIpc) is 3.39. The molecule has 158 valence electrons. The van der Waals surface area contributed by atoms with Gasteiger partial charge in [0.25, 0.3) is 5.78 Å². The first-order valence-corrected chi connectivity index (χ1v) is 11.8. The summed E-state index contributed by atoms with van der Waals surface area (Å²) in [6.45, 7) is 12.3. The van der Waals surface area contributed by atoms with Crippen molar-refractivity contribution in [2.75, 3.05) is 58.6 Å². The van der Waals surface area contributed by atoms with Crippen LogP contribution in [0.4, 0.5) is 0 Å². The van der Waals surface area contributed by atoms with Gasteiger partial charge in [-0.05, 0) is 46.0 Å². The van der Waals surface area contributed by atoms with Crippen molar-refractivity contribution in [3.05, 3.63) is 17.0 Å². The number of hydrogen-bond donors (Lipinski definition) is 0. The van der Waals surface area contributed by atoms with E-state index in [0.29, 0.717) is 17.4 Å². The van der Waals surface area contributed by atoms with Gasteiger partial charge in [0.05, 0.1) is 6.42 Å². The van der Waals surface area contributed by atoms with Crippen LogP contribution in [0.3, 0.4) is 0 Å². The number of fused-ring (bicyclic) bond motifs is 1. The lowest BCUT2D eigenvalue weighted by Gasteiger charge is -2.35. The monoisotopic (exact) mass is 417 g/mol. The van der Waals surface area contributed by atoms with Gasteiger partial charge in [0.1, 0.15) is 0 Å². The highest BCUT2D eigenvalue weighted by Crippen LogP contribution is 2.18. The third kappa shape index (κ3) is 4.57. The lowest BCUT2D eigenvalue weighted by Crippen LogP contribution is -2.50. The summed E-state index contributed by atoms with van der Waals surface area (Å²) in [6, 6.07) is 0. The molecule has 0 aromatic carbocycles. The molecule has 4 rings (SSSR count). The summed E-state index contributed by atoms with van der Waals surface area (Å²) in [7, 11) is 0. The number of hydrogen-bond acceptors (Lipinski definition) is 7. The van der Waals surface area contributed by atoms with E-state index < -0.39 is 0 Å². The molecule has 0 unspecified atom stereocenters. The van der Waals surface area contributed by atoms with Crippen molar-refractivity contribution in [3.8, 4) is 0 Å². The van der Waals surface area contributed by atoms with Crippen LogP contribution in [0.5, 0.6) is 0 Å². The molecule has 2 aromatic rings. The van der Waals surface area contributed by atoms with Crippen LogP contribution in [0.2, 0.25) is 0 Å². The average molecular weight is 418 g/mol. The van der Waals surface area contributed by atoms with Gasteiger partial charge in [-0.3, -0.25) is 9.69 Å². The van der Waals surface area contributed by atoms with Gasteiger partial charge < -0.3 is 9.80 Å². The van der Waals surface area contributed by atoms with E-state index in [1.165, 1.54) is 37.7 Å². The number of carbonyl (C=O) groups excluding carboxylic acids is 1. The predicted octanol–water partition coefficient (Wildman–Crippen LogP) is 1.25. The first-order valence-electron chi connectivity index (χ1n) is 10.5. The largest absolute Gasteiger partial charge is 0.340 e. The molecule has 2 fully saturated rings. The third-order valence-electron chi connectivity index (χ3n) is 6.20. The molecule has 9 heteroatoms. The number of aryl methyl sites for hydroxylation is 2. The van der Waals surface area contributed by atoms with Gasteiger partial charge in [-0.1, -0.05) is 11.8 Å². The van der Waals surface area contributed by atoms with E-state index in [9.17, 15) is 4.79 Å². The van der Waals surface area contributed by atoms with Crippen LogP contribution < -0.4 is 0 Å². The Kier molecular flexibility index (Phi) is 6.36. The molecule has 0 atom stereocenters. The summed E-state index contributed by atoms with van der Waals surface area (Å²) in [5.41, 5.74) is 2.79. The molecular weight excluding hydrogens is 386 g/mol. The van der Waals surface area contributed by atoms with E-state index in [-0.39, 0.29) is 5.91 Å². The Morgan fingerprint density at radius 2 is 1.62 bits per heavy atom. The highest BCUT2D eigenvalue weighted by atomic mass is 32.2. The molecular formula is C20H31N7OS. The van der Waals surface area contributed by atoms with Crippen LogP contribution in [0, 0.1) is 13.8 Å². The van der Waals surface area contributed by atoms with Crippen molar-refractivity contribution in [1.82, 2.24) is 34.3 Å². The number of aromatic nitrogens is 4. The molecule has 0 N–H and O–H groups in total. The van der Waals surface area contributed by atoms with E-state index in [4.69, 9.17) is 0 Å². The van der Waals surface area contributed by atoms with Crippen molar-refractivity contribution in [3.63, 3.8) is 0 Å². The minimum absolute atomic E-state index is 0.182. The minimum Gasteiger partial charge on any atom is -0.340 e. The maximum absolute atomic E-state index is 13.0. The van der Waals surface area contributed by atoms with Crippen LogP contribution >= 0.6 is 11.8 Å². The number of thioether (sulfide) groups is 1. The van der Waals surface area contributed by atoms with E-state index >= 15 is 0 Å². The Morgan fingerprint density at radius 3 is 2.28 bits per heavy atom. The van der Waals surface area contributed by atoms with Gasteiger partial charge in [-0.15, -0.1) is 5.10 Å². The fraction of sp³-hybridized carbons (Fsp3) is 0.700. The Labute approximate surface area is 176 Å². The molecule has 1 amide bonds. The number of carbonyl (C=O) groups is 1. The van der Waals surface area contributed by atoms with Crippen LogP contribution in [-0.4, -0.2) is 98.8 Å². The summed E-state index contributed by atoms with van der Waals surface area (Å²) >= 11 is 1.50. The van der Waals surface area contributed by atoms with Gasteiger partial charge in [-0.2, -0.15) is 4.98 Å². The Balaban J connectivity index is 1.35. The maximum Gasteiger partial charge on any atom is 0.253 e. The topological polar surface area (TPSA) is 69.9 Å². The molecule has 2 aromatic heterocycles. The van der Waals surface area contributed by atoms with E-state index in [0.717, 1.165) is 56.2 Å². The fourth-order valence-electron chi connectivity index (χ4n) is 4.31. The van der Waals surface area contributed by atoms with E-state index in [2.05, 4.69) is 24.9 Å². The Morgan fingerprint density at radius 1 is 0.966 bits per heavy atom. The zero-order valence-corrected chi connectivity index (χ0v) is 18.5. The van der Waals surface area contributed by atoms with Gasteiger partial charge in [0.2, 0.25) is 11.1 Å². The zero-order valence-electron chi connectivity index (χ0n) is 17.7. The van der Waals surface area contributed by atoms with Crippen LogP contribution in [0.15, 0.2) is 5.16 Å². The molecule has 0 aliphatic carbocycles. The lowest BCUT2D eigenvalue weighted by atomic mass is 10.1. The molecule has 0 bridgehead atoms. The summed E-state index contributed by atoms with van der Waals surface area (Å²) in [4.78, 5) is 29.0. The van der Waals surface area contributed by atoms with Crippen LogP contribution in [0.25, 0.3) is 5.78 Å². The SMILES string of the molecule is CSc1nc2nc(C)c(CC(=O)N3CCN(CCN4CCCC4)CC3)c(C)n2n1. The number of rotatable bonds is 6. The van der Waals surface area contributed by atoms with Crippen LogP contribution in [-0.2, 0) is 11.2 Å². The van der Waals surface area contributed by atoms with Crippen molar-refractivity contribution in [1.29, 1.82) is 0 Å². The molecule has 29 heavy (non-hydrogen) atoms. The highest BCUT2D eigenvalue weighted by Gasteiger charge is 2.24. The van der Waals surface area contributed by atoms with Gasteiger partial charge in [0.15, 0.2) is 0 Å². The van der Waals surface area contributed by atoms with Crippen molar-refractivity contribution >= 4 is 23.4 Å². The molecule has 8 nitrogen and oxygen atoms in total. The van der Waals surface area contributed by atoms with Gasteiger partial charge in [0, 0.05) is 56.2 Å². The number of piperazine rings is 1. The molecule has 0 radical (unpaired) electrons. The Hall–Kier alpha value is -1.71. The fourth-order valence-corrected chi connectivity index (χ4v) is 4.64. The second-order valence-corrected chi connectivity index (χ2v) is 8.79.